The van der Waals surface area contributed by atoms with Gasteiger partial charge in [-0.3, -0.25) is 9.79 Å². The van der Waals surface area contributed by atoms with Crippen LogP contribution in [0.3, 0.4) is 0 Å². The van der Waals surface area contributed by atoms with Gasteiger partial charge in [0.25, 0.3) is 0 Å². The van der Waals surface area contributed by atoms with Gasteiger partial charge in [0.05, 0.1) is 6.54 Å². The van der Waals surface area contributed by atoms with Gasteiger partial charge in [-0.25, -0.2) is 0 Å². The van der Waals surface area contributed by atoms with Gasteiger partial charge in [-0.2, -0.15) is 0 Å². The monoisotopic (exact) mass is 372 g/mol. The van der Waals surface area contributed by atoms with Gasteiger partial charge in [-0.15, -0.1) is 0 Å². The number of aryl methyl sites for hydroxylation is 1. The van der Waals surface area contributed by atoms with E-state index in [-0.39, 0.29) is 12.3 Å². The standard InChI is InChI=1S/C20H21ClN2OS/c1-14-5-3-6-18(15(14)2)23(20-22-11-4-12-25-20)13-19(24)16-7-9-17(21)10-8-16/h3,5-10H,4,11-13H2,1-2H3. The van der Waals surface area contributed by atoms with Crippen LogP contribution >= 0.6 is 23.4 Å². The Balaban J connectivity index is 1.94. The molecule has 2 aromatic rings. The first-order valence-corrected chi connectivity index (χ1v) is 9.72. The van der Waals surface area contributed by atoms with Gasteiger partial charge < -0.3 is 4.90 Å². The van der Waals surface area contributed by atoms with Crippen LogP contribution < -0.4 is 4.90 Å². The molecule has 0 saturated carbocycles. The maximum Gasteiger partial charge on any atom is 0.182 e. The SMILES string of the molecule is Cc1cccc(N(CC(=O)c2ccc(Cl)cc2)C2=NCCCS2)c1C. The smallest absolute Gasteiger partial charge is 0.182 e. The number of rotatable bonds is 4. The van der Waals surface area contributed by atoms with Gasteiger partial charge in [0.15, 0.2) is 11.0 Å². The summed E-state index contributed by atoms with van der Waals surface area (Å²) in [5.41, 5.74) is 4.11. The van der Waals surface area contributed by atoms with E-state index in [9.17, 15) is 4.79 Å². The van der Waals surface area contributed by atoms with E-state index in [1.165, 1.54) is 11.1 Å². The van der Waals surface area contributed by atoms with Gasteiger partial charge in [0, 0.05) is 28.6 Å². The van der Waals surface area contributed by atoms with Crippen molar-refractivity contribution in [1.82, 2.24) is 0 Å². The van der Waals surface area contributed by atoms with E-state index >= 15 is 0 Å². The molecule has 1 aliphatic rings. The number of carbonyl (C=O) groups excluding carboxylic acids is 1. The Kier molecular flexibility index (Phi) is 5.82. The zero-order valence-corrected chi connectivity index (χ0v) is 16.0. The Labute approximate surface area is 158 Å². The van der Waals surface area contributed by atoms with Gasteiger partial charge >= 0.3 is 0 Å². The third-order valence-corrected chi connectivity index (χ3v) is 5.70. The van der Waals surface area contributed by atoms with Crippen LogP contribution in [0.15, 0.2) is 47.5 Å². The molecule has 0 radical (unpaired) electrons. The molecular weight excluding hydrogens is 352 g/mol. The molecule has 0 saturated heterocycles. The number of benzene rings is 2. The van der Waals surface area contributed by atoms with Gasteiger partial charge in [0.1, 0.15) is 0 Å². The number of hydrogen-bond acceptors (Lipinski definition) is 4. The molecule has 130 valence electrons. The Hall–Kier alpha value is -1.78. The molecule has 0 atom stereocenters. The predicted molar refractivity (Wildman–Crippen MR) is 108 cm³/mol. The number of hydrogen-bond donors (Lipinski definition) is 0. The second-order valence-corrected chi connectivity index (χ2v) is 7.60. The Morgan fingerprint density at radius 3 is 2.64 bits per heavy atom. The van der Waals surface area contributed by atoms with Crippen LogP contribution in [0.1, 0.15) is 27.9 Å². The number of thioether (sulfide) groups is 1. The van der Waals surface area contributed by atoms with Gasteiger partial charge in [-0.1, -0.05) is 35.5 Å². The van der Waals surface area contributed by atoms with Crippen LogP contribution in [-0.4, -0.2) is 29.8 Å². The largest absolute Gasteiger partial charge is 0.313 e. The highest BCUT2D eigenvalue weighted by atomic mass is 35.5. The number of anilines is 1. The summed E-state index contributed by atoms with van der Waals surface area (Å²) in [5.74, 6) is 1.10. The van der Waals surface area contributed by atoms with E-state index in [0.717, 1.165) is 29.6 Å². The highest BCUT2D eigenvalue weighted by molar-refractivity contribution is 8.14. The molecule has 0 aliphatic carbocycles. The zero-order valence-electron chi connectivity index (χ0n) is 14.5. The third-order valence-electron chi connectivity index (χ3n) is 4.35. The number of carbonyl (C=O) groups is 1. The average molecular weight is 373 g/mol. The molecule has 3 rings (SSSR count). The van der Waals surface area contributed by atoms with Gasteiger partial charge in [0.2, 0.25) is 0 Å². The lowest BCUT2D eigenvalue weighted by Crippen LogP contribution is -2.36. The van der Waals surface area contributed by atoms with Crippen molar-refractivity contribution >= 4 is 40.0 Å². The Bertz CT molecular complexity index is 802. The lowest BCUT2D eigenvalue weighted by atomic mass is 10.1. The van der Waals surface area contributed by atoms with Gasteiger partial charge in [-0.05, 0) is 61.7 Å². The summed E-state index contributed by atoms with van der Waals surface area (Å²) >= 11 is 7.66. The summed E-state index contributed by atoms with van der Waals surface area (Å²) in [6, 6.07) is 13.3. The Morgan fingerprint density at radius 1 is 1.20 bits per heavy atom. The zero-order chi connectivity index (χ0) is 17.8. The fraction of sp³-hybridized carbons (Fsp3) is 0.300. The van der Waals surface area contributed by atoms with E-state index < -0.39 is 0 Å². The Morgan fingerprint density at radius 2 is 1.96 bits per heavy atom. The van der Waals surface area contributed by atoms with Crippen molar-refractivity contribution in [2.24, 2.45) is 4.99 Å². The van der Waals surface area contributed by atoms with Crippen LogP contribution in [0, 0.1) is 13.8 Å². The molecule has 1 heterocycles. The molecule has 1 aliphatic heterocycles. The van der Waals surface area contributed by atoms with Crippen molar-refractivity contribution in [1.29, 1.82) is 0 Å². The number of halogens is 1. The summed E-state index contributed by atoms with van der Waals surface area (Å²) in [6.45, 7) is 5.28. The minimum atomic E-state index is 0.0615. The highest BCUT2D eigenvalue weighted by Gasteiger charge is 2.22. The van der Waals surface area contributed by atoms with E-state index in [4.69, 9.17) is 11.6 Å². The highest BCUT2D eigenvalue weighted by Crippen LogP contribution is 2.28. The van der Waals surface area contributed by atoms with Crippen molar-refractivity contribution in [2.75, 3.05) is 23.7 Å². The van der Waals surface area contributed by atoms with E-state index in [0.29, 0.717) is 10.6 Å². The summed E-state index contributed by atoms with van der Waals surface area (Å²) in [5, 5.41) is 1.57. The first-order chi connectivity index (χ1) is 12.1. The molecule has 25 heavy (non-hydrogen) atoms. The molecule has 0 amide bonds. The van der Waals surface area contributed by atoms with E-state index in [1.54, 1.807) is 36.0 Å². The molecule has 0 spiro atoms. The molecule has 0 fully saturated rings. The van der Waals surface area contributed by atoms with Crippen molar-refractivity contribution < 1.29 is 4.79 Å². The maximum atomic E-state index is 12.8. The molecule has 2 aromatic carbocycles. The fourth-order valence-electron chi connectivity index (χ4n) is 2.77. The average Bonchev–Trinajstić information content (AvgIpc) is 2.63. The normalized spacial score (nSPS) is 14.1. The summed E-state index contributed by atoms with van der Waals surface area (Å²) < 4.78 is 0. The molecule has 0 bridgehead atoms. The third kappa shape index (κ3) is 4.25. The quantitative estimate of drug-likeness (QED) is 0.696. The van der Waals surface area contributed by atoms with Crippen molar-refractivity contribution in [3.63, 3.8) is 0 Å². The number of amidine groups is 1. The minimum absolute atomic E-state index is 0.0615. The van der Waals surface area contributed by atoms with E-state index in [2.05, 4.69) is 35.9 Å². The molecule has 0 unspecified atom stereocenters. The molecular formula is C20H21ClN2OS. The van der Waals surface area contributed by atoms with Crippen LogP contribution in [-0.2, 0) is 0 Å². The van der Waals surface area contributed by atoms with Crippen molar-refractivity contribution in [3.8, 4) is 0 Å². The molecule has 0 aromatic heterocycles. The van der Waals surface area contributed by atoms with Crippen molar-refractivity contribution in [3.05, 3.63) is 64.2 Å². The lowest BCUT2D eigenvalue weighted by Gasteiger charge is -2.29. The van der Waals surface area contributed by atoms with Crippen molar-refractivity contribution in [2.45, 2.75) is 20.3 Å². The summed E-state index contributed by atoms with van der Waals surface area (Å²) in [6.07, 6.45) is 1.08. The first kappa shape index (κ1) is 18.0. The number of Topliss-reactive ketones (excluding diaryl/α,β-unsaturated/α-hetero) is 1. The first-order valence-electron chi connectivity index (χ1n) is 8.36. The number of ketones is 1. The van der Waals surface area contributed by atoms with E-state index in [1.807, 2.05) is 6.07 Å². The topological polar surface area (TPSA) is 32.7 Å². The summed E-state index contributed by atoms with van der Waals surface area (Å²) in [4.78, 5) is 19.6. The summed E-state index contributed by atoms with van der Waals surface area (Å²) in [7, 11) is 0. The fourth-order valence-corrected chi connectivity index (χ4v) is 3.85. The van der Waals surface area contributed by atoms with Crippen LogP contribution in [0.25, 0.3) is 0 Å². The predicted octanol–water partition coefficient (Wildman–Crippen LogP) is 5.14. The molecule has 5 heteroatoms. The van der Waals surface area contributed by atoms with Crippen LogP contribution in [0.5, 0.6) is 0 Å². The maximum absolute atomic E-state index is 12.8. The number of nitrogens with zero attached hydrogens (tertiary/aromatic N) is 2. The minimum Gasteiger partial charge on any atom is -0.313 e. The van der Waals surface area contributed by atoms with Crippen LogP contribution in [0.4, 0.5) is 5.69 Å². The second-order valence-electron chi connectivity index (χ2n) is 6.10. The lowest BCUT2D eigenvalue weighted by molar-refractivity contribution is 0.100. The molecule has 3 nitrogen and oxygen atoms in total. The number of aliphatic imine (C=N–C) groups is 1. The van der Waals surface area contributed by atoms with Crippen LogP contribution in [0.2, 0.25) is 5.02 Å². The second kappa shape index (κ2) is 8.07. The molecule has 0 N–H and O–H groups in total.